The number of phenolic OH excluding ortho intramolecular Hbond substituents is 1. The largest absolute Gasteiger partial charge is 0.508 e. The molecule has 4 aromatic rings. The van der Waals surface area contributed by atoms with Gasteiger partial charge in [-0.1, -0.05) is 35.9 Å². The second-order valence-electron chi connectivity index (χ2n) is 5.12. The average Bonchev–Trinajstić information content (AvgIpc) is 2.54. The van der Waals surface area contributed by atoms with Crippen molar-refractivity contribution in [3.8, 4) is 17.5 Å². The van der Waals surface area contributed by atoms with Crippen LogP contribution >= 0.6 is 11.6 Å². The molecule has 0 saturated heterocycles. The van der Waals surface area contributed by atoms with Crippen LogP contribution in [-0.4, -0.2) is 15.1 Å². The van der Waals surface area contributed by atoms with Gasteiger partial charge in [0.2, 0.25) is 0 Å². The number of nitrogens with zero attached hydrogens (tertiary/aromatic N) is 2. The lowest BCUT2D eigenvalue weighted by Crippen LogP contribution is -1.91. The molecule has 0 saturated carbocycles. The lowest BCUT2D eigenvalue weighted by molar-refractivity contribution is 0.442. The first kappa shape index (κ1) is 13.8. The van der Waals surface area contributed by atoms with Gasteiger partial charge in [-0.2, -0.15) is 4.98 Å². The quantitative estimate of drug-likeness (QED) is 0.420. The first-order valence-corrected chi connectivity index (χ1v) is 7.39. The van der Waals surface area contributed by atoms with Gasteiger partial charge >= 0.3 is 6.01 Å². The van der Waals surface area contributed by atoms with Gasteiger partial charge in [0.1, 0.15) is 16.7 Å². The van der Waals surface area contributed by atoms with Crippen molar-refractivity contribution in [2.45, 2.75) is 0 Å². The van der Waals surface area contributed by atoms with Gasteiger partial charge in [0.15, 0.2) is 0 Å². The molecule has 23 heavy (non-hydrogen) atoms. The number of benzene rings is 3. The van der Waals surface area contributed by atoms with E-state index in [0.29, 0.717) is 10.9 Å². The fourth-order valence-corrected chi connectivity index (χ4v) is 2.70. The van der Waals surface area contributed by atoms with Crippen LogP contribution in [0.4, 0.5) is 0 Å². The van der Waals surface area contributed by atoms with Gasteiger partial charge in [0.25, 0.3) is 0 Å². The van der Waals surface area contributed by atoms with Gasteiger partial charge in [0.05, 0.1) is 0 Å². The highest BCUT2D eigenvalue weighted by Gasteiger charge is 2.05. The van der Waals surface area contributed by atoms with Gasteiger partial charge in [-0.3, -0.25) is 0 Å². The minimum absolute atomic E-state index is 0.211. The van der Waals surface area contributed by atoms with E-state index in [9.17, 15) is 5.11 Å². The van der Waals surface area contributed by atoms with Crippen LogP contribution < -0.4 is 4.74 Å². The maximum atomic E-state index is 9.59. The number of phenols is 1. The maximum Gasteiger partial charge on any atom is 0.323 e. The van der Waals surface area contributed by atoms with Gasteiger partial charge < -0.3 is 9.84 Å². The summed E-state index contributed by atoms with van der Waals surface area (Å²) in [7, 11) is 0. The minimum Gasteiger partial charge on any atom is -0.508 e. The summed E-state index contributed by atoms with van der Waals surface area (Å²) in [6.45, 7) is 0. The van der Waals surface area contributed by atoms with E-state index >= 15 is 0 Å². The Morgan fingerprint density at radius 1 is 0.870 bits per heavy atom. The third-order valence-electron chi connectivity index (χ3n) is 3.60. The van der Waals surface area contributed by atoms with Crippen molar-refractivity contribution in [1.82, 2.24) is 9.97 Å². The number of aromatic nitrogens is 2. The molecule has 0 spiro atoms. The van der Waals surface area contributed by atoms with E-state index in [1.54, 1.807) is 24.4 Å². The summed E-state index contributed by atoms with van der Waals surface area (Å²) in [5, 5.41) is 14.1. The third kappa shape index (κ3) is 2.64. The molecule has 1 aromatic heterocycles. The molecular weight excluding hydrogens is 312 g/mol. The third-order valence-corrected chi connectivity index (χ3v) is 3.81. The molecule has 112 valence electrons. The Bertz CT molecular complexity index is 1030. The summed E-state index contributed by atoms with van der Waals surface area (Å²) < 4.78 is 5.65. The molecule has 4 nitrogen and oxygen atoms in total. The Labute approximate surface area is 137 Å². The van der Waals surface area contributed by atoms with E-state index in [2.05, 4.69) is 9.97 Å². The van der Waals surface area contributed by atoms with E-state index in [1.807, 2.05) is 36.4 Å². The highest BCUT2D eigenvalue weighted by atomic mass is 35.5. The number of halogens is 1. The second kappa shape index (κ2) is 5.41. The van der Waals surface area contributed by atoms with Crippen LogP contribution in [0.25, 0.3) is 21.5 Å². The summed E-state index contributed by atoms with van der Waals surface area (Å²) in [5.74, 6) is 0.896. The molecule has 0 bridgehead atoms. The summed E-state index contributed by atoms with van der Waals surface area (Å²) in [6.07, 6.45) is 1.55. The molecule has 4 rings (SSSR count). The molecule has 1 heterocycles. The van der Waals surface area contributed by atoms with Crippen LogP contribution in [0.5, 0.6) is 17.5 Å². The Morgan fingerprint density at radius 3 is 2.39 bits per heavy atom. The zero-order valence-corrected chi connectivity index (χ0v) is 12.7. The molecule has 0 unspecified atom stereocenters. The molecule has 3 aromatic carbocycles. The normalized spacial score (nSPS) is 11.0. The molecule has 0 atom stereocenters. The molecule has 0 radical (unpaired) electrons. The molecule has 0 aliphatic carbocycles. The number of fused-ring (bicyclic) bond motifs is 3. The highest BCUT2D eigenvalue weighted by molar-refractivity contribution is 6.29. The Hall–Kier alpha value is -2.85. The second-order valence-corrected chi connectivity index (χ2v) is 5.51. The van der Waals surface area contributed by atoms with Crippen molar-refractivity contribution >= 4 is 33.1 Å². The zero-order chi connectivity index (χ0) is 15.8. The predicted octanol–water partition coefficient (Wildman–Crippen LogP) is 4.93. The van der Waals surface area contributed by atoms with Crippen LogP contribution in [0.1, 0.15) is 0 Å². The lowest BCUT2D eigenvalue weighted by Gasteiger charge is -2.08. The van der Waals surface area contributed by atoms with Crippen molar-refractivity contribution in [3.63, 3.8) is 0 Å². The van der Waals surface area contributed by atoms with Crippen molar-refractivity contribution in [2.75, 3.05) is 0 Å². The van der Waals surface area contributed by atoms with Crippen molar-refractivity contribution in [1.29, 1.82) is 0 Å². The van der Waals surface area contributed by atoms with Crippen molar-refractivity contribution in [2.24, 2.45) is 0 Å². The Morgan fingerprint density at radius 2 is 1.61 bits per heavy atom. The van der Waals surface area contributed by atoms with E-state index in [1.165, 1.54) is 0 Å². The predicted molar refractivity (Wildman–Crippen MR) is 90.2 cm³/mol. The first-order valence-electron chi connectivity index (χ1n) is 7.01. The van der Waals surface area contributed by atoms with Crippen LogP contribution in [0, 0.1) is 0 Å². The van der Waals surface area contributed by atoms with Gasteiger partial charge in [-0.25, -0.2) is 4.98 Å². The fraction of sp³-hybridized carbons (Fsp3) is 0. The number of rotatable bonds is 2. The molecule has 0 aliphatic heterocycles. The molecule has 0 aliphatic rings. The van der Waals surface area contributed by atoms with E-state index in [-0.39, 0.29) is 11.8 Å². The SMILES string of the molecule is Oc1ccc2c(ccc3cc(Oc4nccc(Cl)n4)ccc32)c1. The summed E-state index contributed by atoms with van der Waals surface area (Å²) in [4.78, 5) is 8.04. The number of ether oxygens (including phenoxy) is 1. The van der Waals surface area contributed by atoms with Crippen LogP contribution in [0.3, 0.4) is 0 Å². The monoisotopic (exact) mass is 322 g/mol. The summed E-state index contributed by atoms with van der Waals surface area (Å²) in [5.41, 5.74) is 0. The molecule has 0 fully saturated rings. The van der Waals surface area contributed by atoms with Crippen molar-refractivity contribution < 1.29 is 9.84 Å². The van der Waals surface area contributed by atoms with E-state index in [0.717, 1.165) is 21.5 Å². The number of aromatic hydroxyl groups is 1. The maximum absolute atomic E-state index is 9.59. The highest BCUT2D eigenvalue weighted by Crippen LogP contribution is 2.31. The fourth-order valence-electron chi connectivity index (χ4n) is 2.57. The van der Waals surface area contributed by atoms with Crippen LogP contribution in [-0.2, 0) is 0 Å². The number of hydrogen-bond donors (Lipinski definition) is 1. The van der Waals surface area contributed by atoms with Crippen LogP contribution in [0.15, 0.2) is 60.8 Å². The standard InChI is InChI=1S/C18H11ClN2O2/c19-17-7-8-20-18(21-17)23-14-4-6-16-12(10-14)2-1-11-9-13(22)3-5-15(11)16/h1-10,22H. The van der Waals surface area contributed by atoms with Gasteiger partial charge in [-0.15, -0.1) is 0 Å². The van der Waals surface area contributed by atoms with Crippen LogP contribution in [0.2, 0.25) is 5.15 Å². The van der Waals surface area contributed by atoms with E-state index in [4.69, 9.17) is 16.3 Å². The zero-order valence-electron chi connectivity index (χ0n) is 11.9. The Balaban J connectivity index is 1.79. The smallest absolute Gasteiger partial charge is 0.323 e. The molecular formula is C18H11ClN2O2. The minimum atomic E-state index is 0.211. The average molecular weight is 323 g/mol. The van der Waals surface area contributed by atoms with E-state index < -0.39 is 0 Å². The molecule has 0 amide bonds. The Kier molecular flexibility index (Phi) is 3.24. The number of hydrogen-bond acceptors (Lipinski definition) is 4. The topological polar surface area (TPSA) is 55.2 Å². The first-order chi connectivity index (χ1) is 11.2. The van der Waals surface area contributed by atoms with Gasteiger partial charge in [0, 0.05) is 6.20 Å². The summed E-state index contributed by atoms with van der Waals surface area (Å²) in [6, 6.07) is 16.9. The summed E-state index contributed by atoms with van der Waals surface area (Å²) >= 11 is 5.83. The molecule has 5 heteroatoms. The van der Waals surface area contributed by atoms with Gasteiger partial charge in [-0.05, 0) is 51.9 Å². The van der Waals surface area contributed by atoms with Crippen molar-refractivity contribution in [3.05, 3.63) is 65.9 Å². The lowest BCUT2D eigenvalue weighted by atomic mass is 10.0. The molecule has 1 N–H and O–H groups in total.